The van der Waals surface area contributed by atoms with Crippen LogP contribution in [0.1, 0.15) is 42.4 Å². The van der Waals surface area contributed by atoms with Gasteiger partial charge in [0.25, 0.3) is 5.91 Å². The molecular formula is C24H26N4O4. The van der Waals surface area contributed by atoms with Crippen molar-refractivity contribution in [3.8, 4) is 17.2 Å². The van der Waals surface area contributed by atoms with Gasteiger partial charge in [0.05, 0.1) is 25.1 Å². The first-order valence-corrected chi connectivity index (χ1v) is 10.6. The summed E-state index contributed by atoms with van der Waals surface area (Å²) in [5.74, 6) is 0.752. The number of nitrogens with two attached hydrogens (primary N) is 1. The number of primary amides is 1. The van der Waals surface area contributed by atoms with E-state index in [9.17, 15) is 9.90 Å². The zero-order chi connectivity index (χ0) is 22.7. The first-order chi connectivity index (χ1) is 15.5. The molecule has 2 aromatic heterocycles. The zero-order valence-corrected chi connectivity index (χ0v) is 18.1. The summed E-state index contributed by atoms with van der Waals surface area (Å²) in [6.45, 7) is 4.28. The maximum absolute atomic E-state index is 11.4. The molecule has 0 unspecified atom stereocenters. The van der Waals surface area contributed by atoms with E-state index in [0.717, 1.165) is 22.4 Å². The minimum atomic E-state index is -0.638. The quantitative estimate of drug-likeness (QED) is 0.414. The highest BCUT2D eigenvalue weighted by Crippen LogP contribution is 2.29. The summed E-state index contributed by atoms with van der Waals surface area (Å²) in [4.78, 5) is 20.1. The van der Waals surface area contributed by atoms with Crippen molar-refractivity contribution >= 4 is 17.0 Å². The highest BCUT2D eigenvalue weighted by molar-refractivity contribution is 5.90. The average molecular weight is 434 g/mol. The van der Waals surface area contributed by atoms with Crippen LogP contribution in [0.5, 0.6) is 5.75 Å². The molecule has 0 saturated carbocycles. The number of para-hydroxylation sites is 1. The lowest BCUT2D eigenvalue weighted by Crippen LogP contribution is -2.21. The van der Waals surface area contributed by atoms with Gasteiger partial charge in [-0.05, 0) is 62.6 Å². The Hall–Kier alpha value is -3.65. The number of aromatic nitrogens is 3. The molecule has 1 amide bonds. The number of imidazole rings is 1. The Balaban J connectivity index is 1.56. The molecule has 2 atom stereocenters. The van der Waals surface area contributed by atoms with E-state index in [1.165, 1.54) is 6.33 Å². The largest absolute Gasteiger partial charge is 0.494 e. The van der Waals surface area contributed by atoms with E-state index in [1.807, 2.05) is 49.4 Å². The number of hydrogen-bond donors (Lipinski definition) is 2. The molecule has 0 radical (unpaired) electrons. The van der Waals surface area contributed by atoms with Crippen molar-refractivity contribution in [3.05, 3.63) is 66.2 Å². The van der Waals surface area contributed by atoms with Crippen LogP contribution in [0.4, 0.5) is 0 Å². The molecule has 0 saturated heterocycles. The maximum atomic E-state index is 11.4. The molecule has 8 nitrogen and oxygen atoms in total. The first-order valence-electron chi connectivity index (χ1n) is 10.6. The van der Waals surface area contributed by atoms with E-state index in [4.69, 9.17) is 19.9 Å². The predicted octanol–water partition coefficient (Wildman–Crippen LogP) is 3.74. The Kier molecular flexibility index (Phi) is 6.23. The Morgan fingerprint density at radius 2 is 2.03 bits per heavy atom. The summed E-state index contributed by atoms with van der Waals surface area (Å²) in [7, 11) is 0. The zero-order valence-electron chi connectivity index (χ0n) is 18.1. The molecule has 166 valence electrons. The molecule has 0 spiro atoms. The van der Waals surface area contributed by atoms with Gasteiger partial charge in [-0.3, -0.25) is 4.79 Å². The van der Waals surface area contributed by atoms with Gasteiger partial charge in [-0.2, -0.15) is 0 Å². The molecular weight excluding hydrogens is 408 g/mol. The van der Waals surface area contributed by atoms with Gasteiger partial charge < -0.3 is 24.6 Å². The second-order valence-electron chi connectivity index (χ2n) is 7.66. The highest BCUT2D eigenvalue weighted by Gasteiger charge is 2.20. The van der Waals surface area contributed by atoms with Crippen molar-refractivity contribution in [2.45, 2.75) is 38.8 Å². The van der Waals surface area contributed by atoms with Gasteiger partial charge in [0.15, 0.2) is 5.58 Å². The number of hydrogen-bond acceptors (Lipinski definition) is 6. The Labute approximate surface area is 185 Å². The fraction of sp³-hybridized carbons (Fsp3) is 0.292. The SMILES string of the molecule is CCOc1ccc(-c2nc3c(CC[C@H]([C@H](C)O)n4cnc(C(N)=O)c4)cccc3o2)cc1. The van der Waals surface area contributed by atoms with E-state index in [2.05, 4.69) is 4.98 Å². The van der Waals surface area contributed by atoms with Crippen molar-refractivity contribution in [1.82, 2.24) is 14.5 Å². The minimum Gasteiger partial charge on any atom is -0.494 e. The van der Waals surface area contributed by atoms with Crippen molar-refractivity contribution in [1.29, 1.82) is 0 Å². The van der Waals surface area contributed by atoms with E-state index < -0.39 is 12.0 Å². The van der Waals surface area contributed by atoms with Crippen molar-refractivity contribution < 1.29 is 19.1 Å². The number of amides is 1. The maximum Gasteiger partial charge on any atom is 0.268 e. The molecule has 2 heterocycles. The molecule has 0 fully saturated rings. The van der Waals surface area contributed by atoms with Gasteiger partial charge in [0.2, 0.25) is 5.89 Å². The van der Waals surface area contributed by atoms with Crippen LogP contribution >= 0.6 is 0 Å². The van der Waals surface area contributed by atoms with Crippen LogP contribution in [0.3, 0.4) is 0 Å². The van der Waals surface area contributed by atoms with Crippen LogP contribution in [0.15, 0.2) is 59.4 Å². The normalized spacial score (nSPS) is 13.2. The van der Waals surface area contributed by atoms with Crippen LogP contribution in [-0.2, 0) is 6.42 Å². The van der Waals surface area contributed by atoms with E-state index >= 15 is 0 Å². The highest BCUT2D eigenvalue weighted by atomic mass is 16.5. The van der Waals surface area contributed by atoms with Crippen molar-refractivity contribution in [2.24, 2.45) is 5.73 Å². The van der Waals surface area contributed by atoms with Crippen molar-refractivity contribution in [2.75, 3.05) is 6.61 Å². The van der Waals surface area contributed by atoms with Gasteiger partial charge in [-0.15, -0.1) is 0 Å². The lowest BCUT2D eigenvalue weighted by atomic mass is 10.0. The fourth-order valence-corrected chi connectivity index (χ4v) is 3.78. The Morgan fingerprint density at radius 3 is 2.69 bits per heavy atom. The summed E-state index contributed by atoms with van der Waals surface area (Å²) in [6, 6.07) is 13.2. The molecule has 0 aliphatic heterocycles. The summed E-state index contributed by atoms with van der Waals surface area (Å²) < 4.78 is 13.2. The van der Waals surface area contributed by atoms with Crippen LogP contribution < -0.4 is 10.5 Å². The molecule has 4 aromatic rings. The lowest BCUT2D eigenvalue weighted by Gasteiger charge is -2.21. The monoisotopic (exact) mass is 434 g/mol. The standard InChI is InChI=1S/C24H26N4O4/c1-3-31-18-10-7-17(8-11-18)24-27-22-16(5-4-6-21(22)32-24)9-12-20(15(2)29)28-13-19(23(25)30)26-14-28/h4-8,10-11,13-15,20,29H,3,9,12H2,1-2H3,(H2,25,30)/t15-,20+/m0/s1. The minimum absolute atomic E-state index is 0.175. The van der Waals surface area contributed by atoms with Gasteiger partial charge in [-0.25, -0.2) is 9.97 Å². The van der Waals surface area contributed by atoms with E-state index in [-0.39, 0.29) is 11.7 Å². The molecule has 32 heavy (non-hydrogen) atoms. The second-order valence-corrected chi connectivity index (χ2v) is 7.66. The third kappa shape index (κ3) is 4.50. The van der Waals surface area contributed by atoms with Gasteiger partial charge >= 0.3 is 0 Å². The smallest absolute Gasteiger partial charge is 0.268 e. The van der Waals surface area contributed by atoms with Crippen molar-refractivity contribution in [3.63, 3.8) is 0 Å². The third-order valence-corrected chi connectivity index (χ3v) is 5.42. The number of carbonyl (C=O) groups excluding carboxylic acids is 1. The molecule has 0 bridgehead atoms. The first kappa shape index (κ1) is 21.6. The van der Waals surface area contributed by atoms with E-state index in [0.29, 0.717) is 30.9 Å². The van der Waals surface area contributed by atoms with Crippen LogP contribution in [0.2, 0.25) is 0 Å². The number of benzene rings is 2. The average Bonchev–Trinajstić information content (AvgIpc) is 3.42. The number of carbonyl (C=O) groups is 1. The third-order valence-electron chi connectivity index (χ3n) is 5.42. The Bertz CT molecular complexity index is 1210. The van der Waals surface area contributed by atoms with Gasteiger partial charge in [0.1, 0.15) is 17.0 Å². The van der Waals surface area contributed by atoms with Gasteiger partial charge in [0, 0.05) is 11.8 Å². The predicted molar refractivity (Wildman–Crippen MR) is 120 cm³/mol. The summed E-state index contributed by atoms with van der Waals surface area (Å²) in [5, 5.41) is 10.3. The lowest BCUT2D eigenvalue weighted by molar-refractivity contribution is 0.0994. The van der Waals surface area contributed by atoms with Crippen LogP contribution in [0.25, 0.3) is 22.6 Å². The molecule has 2 aromatic carbocycles. The fourth-order valence-electron chi connectivity index (χ4n) is 3.78. The molecule has 4 rings (SSSR count). The van der Waals surface area contributed by atoms with E-state index in [1.54, 1.807) is 17.7 Å². The number of aliphatic hydroxyl groups excluding tert-OH is 1. The number of rotatable bonds is 9. The van der Waals surface area contributed by atoms with Crippen LogP contribution in [0, 0.1) is 0 Å². The number of nitrogens with zero attached hydrogens (tertiary/aromatic N) is 3. The Morgan fingerprint density at radius 1 is 1.25 bits per heavy atom. The molecule has 8 heteroatoms. The molecule has 0 aliphatic rings. The number of fused-ring (bicyclic) bond motifs is 1. The number of aryl methyl sites for hydroxylation is 1. The topological polar surface area (TPSA) is 116 Å². The summed E-state index contributed by atoms with van der Waals surface area (Å²) in [6.07, 6.45) is 3.74. The van der Waals surface area contributed by atoms with Gasteiger partial charge in [-0.1, -0.05) is 12.1 Å². The number of oxazole rings is 1. The number of ether oxygens (including phenoxy) is 1. The summed E-state index contributed by atoms with van der Waals surface area (Å²) in [5.41, 5.74) is 8.87. The second kappa shape index (κ2) is 9.23. The summed E-state index contributed by atoms with van der Waals surface area (Å²) >= 11 is 0. The molecule has 3 N–H and O–H groups in total. The van der Waals surface area contributed by atoms with Crippen LogP contribution in [-0.4, -0.2) is 38.3 Å². The molecule has 0 aliphatic carbocycles. The number of aliphatic hydroxyl groups is 1.